The normalized spacial score (nSPS) is 14.6. The van der Waals surface area contributed by atoms with E-state index in [0.717, 1.165) is 37.1 Å². The number of benzene rings is 2. The van der Waals surface area contributed by atoms with Crippen molar-refractivity contribution < 1.29 is 9.59 Å². The van der Waals surface area contributed by atoms with Gasteiger partial charge in [-0.3, -0.25) is 9.59 Å². The molecule has 0 aromatic heterocycles. The Kier molecular flexibility index (Phi) is 7.49. The standard InChI is InChI=1S/C21H22Cl2N4O2/c22-15-5-4-8-18(12-15)25-19-10-9-16(23)11-14(19)13-24-27-21(29)20(28)26-17-6-2-1-3-7-17/h4-5,8-13,17,25H,1-3,6-7H2,(H,26,28)(H,27,29)/b24-13-. The topological polar surface area (TPSA) is 82.6 Å². The Bertz CT molecular complexity index is 911. The molecule has 0 radical (unpaired) electrons. The minimum atomic E-state index is -0.793. The van der Waals surface area contributed by atoms with Gasteiger partial charge in [0.2, 0.25) is 0 Å². The number of carbonyl (C=O) groups excluding carboxylic acids is 2. The smallest absolute Gasteiger partial charge is 0.329 e. The summed E-state index contributed by atoms with van der Waals surface area (Å²) in [6, 6.07) is 12.6. The first-order valence-corrected chi connectivity index (χ1v) is 10.2. The molecule has 0 saturated heterocycles. The second kappa shape index (κ2) is 10.3. The number of halogens is 2. The monoisotopic (exact) mass is 432 g/mol. The summed E-state index contributed by atoms with van der Waals surface area (Å²) in [4.78, 5) is 24.0. The Morgan fingerprint density at radius 3 is 2.48 bits per heavy atom. The molecule has 1 aliphatic rings. The predicted molar refractivity (Wildman–Crippen MR) is 117 cm³/mol. The van der Waals surface area contributed by atoms with Crippen LogP contribution in [0, 0.1) is 0 Å². The molecule has 2 aromatic rings. The van der Waals surface area contributed by atoms with Crippen LogP contribution in [0.25, 0.3) is 0 Å². The highest BCUT2D eigenvalue weighted by molar-refractivity contribution is 6.35. The molecule has 0 heterocycles. The first-order chi connectivity index (χ1) is 14.0. The van der Waals surface area contributed by atoms with Gasteiger partial charge in [0.15, 0.2) is 0 Å². The summed E-state index contributed by atoms with van der Waals surface area (Å²) in [5.74, 6) is -1.46. The zero-order chi connectivity index (χ0) is 20.6. The number of nitrogens with zero attached hydrogens (tertiary/aromatic N) is 1. The van der Waals surface area contributed by atoms with Gasteiger partial charge in [0.1, 0.15) is 0 Å². The molecular weight excluding hydrogens is 411 g/mol. The molecule has 2 amide bonds. The van der Waals surface area contributed by atoms with E-state index in [1.807, 2.05) is 12.1 Å². The Labute approximate surface area is 179 Å². The van der Waals surface area contributed by atoms with Gasteiger partial charge in [0, 0.05) is 33.0 Å². The number of rotatable bonds is 5. The maximum Gasteiger partial charge on any atom is 0.329 e. The molecule has 0 spiro atoms. The van der Waals surface area contributed by atoms with Gasteiger partial charge in [0.25, 0.3) is 0 Å². The van der Waals surface area contributed by atoms with E-state index in [4.69, 9.17) is 23.2 Å². The molecule has 0 unspecified atom stereocenters. The third-order valence-electron chi connectivity index (χ3n) is 4.63. The van der Waals surface area contributed by atoms with Gasteiger partial charge in [-0.05, 0) is 49.2 Å². The van der Waals surface area contributed by atoms with Crippen molar-refractivity contribution in [1.29, 1.82) is 0 Å². The summed E-state index contributed by atoms with van der Waals surface area (Å²) >= 11 is 12.1. The summed E-state index contributed by atoms with van der Waals surface area (Å²) in [6.07, 6.45) is 6.56. The van der Waals surface area contributed by atoms with Gasteiger partial charge in [-0.1, -0.05) is 48.5 Å². The van der Waals surface area contributed by atoms with Gasteiger partial charge in [-0.25, -0.2) is 5.43 Å². The van der Waals surface area contributed by atoms with Crippen LogP contribution in [0.5, 0.6) is 0 Å². The molecular formula is C21H22Cl2N4O2. The second-order valence-electron chi connectivity index (χ2n) is 6.87. The fourth-order valence-corrected chi connectivity index (χ4v) is 3.56. The average molecular weight is 433 g/mol. The van der Waals surface area contributed by atoms with E-state index in [1.54, 1.807) is 30.3 Å². The van der Waals surface area contributed by atoms with Crippen molar-refractivity contribution >= 4 is 52.6 Å². The molecule has 8 heteroatoms. The Hall–Kier alpha value is -2.57. The minimum Gasteiger partial charge on any atom is -0.355 e. The fourth-order valence-electron chi connectivity index (χ4n) is 3.19. The third-order valence-corrected chi connectivity index (χ3v) is 5.10. The van der Waals surface area contributed by atoms with E-state index in [0.29, 0.717) is 15.6 Å². The number of carbonyl (C=O) groups is 2. The largest absolute Gasteiger partial charge is 0.355 e. The molecule has 0 atom stereocenters. The van der Waals surface area contributed by atoms with E-state index in [1.165, 1.54) is 12.6 Å². The highest BCUT2D eigenvalue weighted by Crippen LogP contribution is 2.24. The number of hydrogen-bond donors (Lipinski definition) is 3. The van der Waals surface area contributed by atoms with Crippen molar-refractivity contribution in [2.75, 3.05) is 5.32 Å². The first-order valence-electron chi connectivity index (χ1n) is 9.47. The molecule has 0 bridgehead atoms. The lowest BCUT2D eigenvalue weighted by Crippen LogP contribution is -2.44. The minimum absolute atomic E-state index is 0.0624. The molecule has 1 fully saturated rings. The summed E-state index contributed by atoms with van der Waals surface area (Å²) in [5, 5.41) is 11.0. The van der Waals surface area contributed by atoms with Crippen LogP contribution in [0.3, 0.4) is 0 Å². The van der Waals surface area contributed by atoms with Crippen LogP contribution >= 0.6 is 23.2 Å². The number of anilines is 2. The van der Waals surface area contributed by atoms with Crippen molar-refractivity contribution in [3.8, 4) is 0 Å². The summed E-state index contributed by atoms with van der Waals surface area (Å²) in [7, 11) is 0. The maximum atomic E-state index is 12.0. The van der Waals surface area contributed by atoms with Gasteiger partial charge < -0.3 is 10.6 Å². The lowest BCUT2D eigenvalue weighted by molar-refractivity contribution is -0.139. The molecule has 3 rings (SSSR count). The molecule has 0 aliphatic heterocycles. The molecule has 1 saturated carbocycles. The van der Waals surface area contributed by atoms with Gasteiger partial charge in [-0.15, -0.1) is 0 Å². The summed E-state index contributed by atoms with van der Waals surface area (Å²) in [6.45, 7) is 0. The van der Waals surface area contributed by atoms with Crippen molar-refractivity contribution in [3.05, 3.63) is 58.1 Å². The fraction of sp³-hybridized carbons (Fsp3) is 0.286. The molecule has 1 aliphatic carbocycles. The lowest BCUT2D eigenvalue weighted by Gasteiger charge is -2.22. The molecule has 29 heavy (non-hydrogen) atoms. The van der Waals surface area contributed by atoms with Crippen LogP contribution in [0.2, 0.25) is 10.0 Å². The van der Waals surface area contributed by atoms with E-state index in [-0.39, 0.29) is 6.04 Å². The highest BCUT2D eigenvalue weighted by atomic mass is 35.5. The zero-order valence-corrected chi connectivity index (χ0v) is 17.3. The Morgan fingerprint density at radius 1 is 0.966 bits per heavy atom. The van der Waals surface area contributed by atoms with Crippen LogP contribution < -0.4 is 16.1 Å². The van der Waals surface area contributed by atoms with Crippen molar-refractivity contribution in [2.45, 2.75) is 38.1 Å². The lowest BCUT2D eigenvalue weighted by atomic mass is 9.95. The van der Waals surface area contributed by atoms with Gasteiger partial charge in [0.05, 0.1) is 6.21 Å². The summed E-state index contributed by atoms with van der Waals surface area (Å²) in [5.41, 5.74) is 4.43. The van der Waals surface area contributed by atoms with E-state index < -0.39 is 11.8 Å². The van der Waals surface area contributed by atoms with Crippen molar-refractivity contribution in [3.63, 3.8) is 0 Å². The number of nitrogens with one attached hydrogen (secondary N) is 3. The van der Waals surface area contributed by atoms with Gasteiger partial charge >= 0.3 is 11.8 Å². The maximum absolute atomic E-state index is 12.0. The first kappa shape index (κ1) is 21.1. The number of amides is 2. The average Bonchev–Trinajstić information content (AvgIpc) is 2.70. The van der Waals surface area contributed by atoms with E-state index in [9.17, 15) is 9.59 Å². The molecule has 152 valence electrons. The van der Waals surface area contributed by atoms with Crippen LogP contribution in [0.4, 0.5) is 11.4 Å². The van der Waals surface area contributed by atoms with Crippen LogP contribution in [0.15, 0.2) is 47.6 Å². The third kappa shape index (κ3) is 6.48. The molecule has 2 aromatic carbocycles. The van der Waals surface area contributed by atoms with Crippen LogP contribution in [-0.2, 0) is 9.59 Å². The quantitative estimate of drug-likeness (QED) is 0.365. The molecule has 3 N–H and O–H groups in total. The second-order valence-corrected chi connectivity index (χ2v) is 7.75. The van der Waals surface area contributed by atoms with Gasteiger partial charge in [-0.2, -0.15) is 5.10 Å². The summed E-state index contributed by atoms with van der Waals surface area (Å²) < 4.78 is 0. The SMILES string of the molecule is O=C(N/N=C\c1cc(Cl)ccc1Nc1cccc(Cl)c1)C(=O)NC1CCCCC1. The van der Waals surface area contributed by atoms with Crippen LogP contribution in [0.1, 0.15) is 37.7 Å². The predicted octanol–water partition coefficient (Wildman–Crippen LogP) is 4.64. The van der Waals surface area contributed by atoms with E-state index in [2.05, 4.69) is 21.2 Å². The zero-order valence-electron chi connectivity index (χ0n) is 15.8. The molecule has 6 nitrogen and oxygen atoms in total. The highest BCUT2D eigenvalue weighted by Gasteiger charge is 2.20. The van der Waals surface area contributed by atoms with Crippen molar-refractivity contribution in [1.82, 2.24) is 10.7 Å². The Morgan fingerprint density at radius 2 is 1.72 bits per heavy atom. The Balaban J connectivity index is 1.62. The van der Waals surface area contributed by atoms with Crippen LogP contribution in [-0.4, -0.2) is 24.1 Å². The number of hydrogen-bond acceptors (Lipinski definition) is 4. The number of hydrazone groups is 1. The van der Waals surface area contributed by atoms with Crippen molar-refractivity contribution in [2.24, 2.45) is 5.10 Å². The van der Waals surface area contributed by atoms with E-state index >= 15 is 0 Å².